The molecule has 0 unspecified atom stereocenters. The van der Waals surface area contributed by atoms with Crippen molar-refractivity contribution in [3.05, 3.63) is 11.7 Å². The van der Waals surface area contributed by atoms with Crippen molar-refractivity contribution in [2.24, 2.45) is 11.3 Å². The first-order valence-corrected chi connectivity index (χ1v) is 10.9. The van der Waals surface area contributed by atoms with Crippen molar-refractivity contribution in [1.82, 2.24) is 19.8 Å². The third-order valence-electron chi connectivity index (χ3n) is 6.36. The van der Waals surface area contributed by atoms with Gasteiger partial charge in [0.15, 0.2) is 5.82 Å². The average Bonchev–Trinajstić information content (AvgIpc) is 2.91. The van der Waals surface area contributed by atoms with Gasteiger partial charge in [0, 0.05) is 24.5 Å². The number of aryl methyl sites for hydroxylation is 1. The Hall–Kier alpha value is -1.48. The normalized spacial score (nSPS) is 32.7. The molecule has 3 aliphatic rings. The summed E-state index contributed by atoms with van der Waals surface area (Å²) in [5.74, 6) is 1.48. The van der Waals surface area contributed by atoms with E-state index in [1.807, 2.05) is 11.8 Å². The molecule has 1 aromatic rings. The Morgan fingerprint density at radius 1 is 1.42 bits per heavy atom. The van der Waals surface area contributed by atoms with Crippen molar-refractivity contribution in [2.45, 2.75) is 57.9 Å². The molecule has 1 aromatic heterocycles. The highest BCUT2D eigenvalue weighted by atomic mass is 32.2. The van der Waals surface area contributed by atoms with Crippen LogP contribution in [0.15, 0.2) is 4.52 Å². The summed E-state index contributed by atoms with van der Waals surface area (Å²) in [6, 6.07) is -0.161. The molecule has 1 aliphatic heterocycles. The van der Waals surface area contributed by atoms with Crippen LogP contribution in [0.1, 0.15) is 51.2 Å². The lowest BCUT2D eigenvalue weighted by molar-refractivity contribution is -0.135. The first kappa shape index (κ1) is 17.9. The lowest BCUT2D eigenvalue weighted by atomic mass is 9.80. The van der Waals surface area contributed by atoms with Crippen molar-refractivity contribution in [3.63, 3.8) is 0 Å². The van der Waals surface area contributed by atoms with Crippen LogP contribution in [0.3, 0.4) is 0 Å². The van der Waals surface area contributed by atoms with Crippen molar-refractivity contribution in [1.29, 1.82) is 0 Å². The van der Waals surface area contributed by atoms with Gasteiger partial charge in [-0.3, -0.25) is 4.79 Å². The Labute approximate surface area is 153 Å². The summed E-state index contributed by atoms with van der Waals surface area (Å²) in [4.78, 5) is 19.2. The van der Waals surface area contributed by atoms with Crippen LogP contribution in [0.5, 0.6) is 0 Å². The predicted octanol–water partition coefficient (Wildman–Crippen LogP) is 0.976. The van der Waals surface area contributed by atoms with E-state index in [2.05, 4.69) is 14.9 Å². The van der Waals surface area contributed by atoms with Gasteiger partial charge in [-0.25, -0.2) is 13.1 Å². The van der Waals surface area contributed by atoms with Crippen LogP contribution in [0.4, 0.5) is 0 Å². The Morgan fingerprint density at radius 3 is 2.73 bits per heavy atom. The molecule has 0 radical (unpaired) electrons. The number of nitrogens with zero attached hydrogens (tertiary/aromatic N) is 3. The van der Waals surface area contributed by atoms with Crippen molar-refractivity contribution in [2.75, 3.05) is 18.8 Å². The number of aromatic nitrogens is 2. The first-order chi connectivity index (χ1) is 12.2. The predicted molar refractivity (Wildman–Crippen MR) is 93.7 cm³/mol. The molecular weight excluding hydrogens is 356 g/mol. The van der Waals surface area contributed by atoms with E-state index in [1.165, 1.54) is 0 Å². The number of sulfonamides is 1. The summed E-state index contributed by atoms with van der Waals surface area (Å²) < 4.78 is 32.3. The maximum absolute atomic E-state index is 12.8. The zero-order valence-electron chi connectivity index (χ0n) is 15.5. The van der Waals surface area contributed by atoms with Crippen LogP contribution < -0.4 is 4.72 Å². The van der Waals surface area contributed by atoms with E-state index in [9.17, 15) is 13.2 Å². The number of amides is 1. The molecule has 2 aliphatic carbocycles. The summed E-state index contributed by atoms with van der Waals surface area (Å²) in [5.41, 5.74) is -0.670. The fourth-order valence-corrected chi connectivity index (χ4v) is 5.42. The smallest absolute Gasteiger partial charge is 0.235 e. The van der Waals surface area contributed by atoms with Gasteiger partial charge in [-0.1, -0.05) is 12.1 Å². The van der Waals surface area contributed by atoms with Crippen LogP contribution in [-0.4, -0.2) is 54.2 Å². The molecule has 0 bridgehead atoms. The number of hydrogen-bond acceptors (Lipinski definition) is 6. The Bertz CT molecular complexity index is 832. The number of carbonyl (C=O) groups excluding carboxylic acids is 1. The first-order valence-electron chi connectivity index (χ1n) is 9.28. The van der Waals surface area contributed by atoms with Gasteiger partial charge < -0.3 is 9.42 Å². The monoisotopic (exact) mass is 382 g/mol. The minimum absolute atomic E-state index is 0.0593. The van der Waals surface area contributed by atoms with E-state index in [0.29, 0.717) is 37.6 Å². The number of fused-ring (bicyclic) bond motifs is 1. The minimum atomic E-state index is -3.28. The molecule has 9 heteroatoms. The van der Waals surface area contributed by atoms with Crippen molar-refractivity contribution >= 4 is 15.9 Å². The van der Waals surface area contributed by atoms with E-state index in [4.69, 9.17) is 4.52 Å². The number of hydrogen-bond donors (Lipinski definition) is 1. The van der Waals surface area contributed by atoms with Crippen LogP contribution >= 0.6 is 0 Å². The molecule has 0 aromatic carbocycles. The van der Waals surface area contributed by atoms with E-state index >= 15 is 0 Å². The minimum Gasteiger partial charge on any atom is -0.341 e. The van der Waals surface area contributed by atoms with Gasteiger partial charge in [0.25, 0.3) is 0 Å². The maximum Gasteiger partial charge on any atom is 0.235 e. The quantitative estimate of drug-likeness (QED) is 0.814. The second-order valence-corrected chi connectivity index (χ2v) is 10.4. The summed E-state index contributed by atoms with van der Waals surface area (Å²) >= 11 is 0. The Morgan fingerprint density at radius 2 is 2.15 bits per heavy atom. The van der Waals surface area contributed by atoms with Gasteiger partial charge in [-0.05, 0) is 45.4 Å². The van der Waals surface area contributed by atoms with Crippen LogP contribution in [0, 0.1) is 18.3 Å². The standard InChI is InChI=1S/C17H26N4O4S/c1-4-26(23,24)20-13-7-12-9-21(15(22)16(3)5-6-16)10-17(12,8-13)14-18-11(2)19-25-14/h12-13,20H,4-10H2,1-3H3/t12-,13+,17-/m0/s1. The van der Waals surface area contributed by atoms with Crippen LogP contribution in [-0.2, 0) is 20.2 Å². The Balaban J connectivity index is 1.61. The van der Waals surface area contributed by atoms with Crippen molar-refractivity contribution in [3.8, 4) is 0 Å². The van der Waals surface area contributed by atoms with Gasteiger partial charge in [0.2, 0.25) is 21.8 Å². The number of nitrogens with one attached hydrogen (secondary N) is 1. The molecule has 3 fully saturated rings. The molecule has 1 saturated heterocycles. The summed E-state index contributed by atoms with van der Waals surface area (Å²) in [6.07, 6.45) is 3.15. The summed E-state index contributed by atoms with van der Waals surface area (Å²) in [7, 11) is -3.28. The second kappa shape index (κ2) is 5.76. The number of carbonyl (C=O) groups is 1. The lowest BCUT2D eigenvalue weighted by Crippen LogP contribution is -2.41. The zero-order valence-corrected chi connectivity index (χ0v) is 16.3. The van der Waals surface area contributed by atoms with Crippen LogP contribution in [0.2, 0.25) is 0 Å². The van der Waals surface area contributed by atoms with Crippen molar-refractivity contribution < 1.29 is 17.7 Å². The highest BCUT2D eigenvalue weighted by Crippen LogP contribution is 2.53. The topological polar surface area (TPSA) is 105 Å². The molecule has 1 N–H and O–H groups in total. The Kier molecular flexibility index (Phi) is 3.97. The molecule has 3 atom stereocenters. The highest BCUT2D eigenvalue weighted by molar-refractivity contribution is 7.89. The second-order valence-electron chi connectivity index (χ2n) is 8.40. The maximum atomic E-state index is 12.8. The van der Waals surface area contributed by atoms with E-state index in [-0.39, 0.29) is 29.0 Å². The third kappa shape index (κ3) is 2.85. The van der Waals surface area contributed by atoms with Gasteiger partial charge in [0.05, 0.1) is 11.2 Å². The zero-order chi connectivity index (χ0) is 18.7. The van der Waals surface area contributed by atoms with E-state index in [1.54, 1.807) is 13.8 Å². The summed E-state index contributed by atoms with van der Waals surface area (Å²) in [6.45, 7) is 6.57. The molecule has 4 rings (SSSR count). The molecule has 0 spiro atoms. The van der Waals surface area contributed by atoms with Gasteiger partial charge in [0.1, 0.15) is 0 Å². The lowest BCUT2D eigenvalue weighted by Gasteiger charge is -2.26. The third-order valence-corrected chi connectivity index (χ3v) is 7.81. The van der Waals surface area contributed by atoms with Gasteiger partial charge in [-0.2, -0.15) is 4.98 Å². The van der Waals surface area contributed by atoms with Gasteiger partial charge in [-0.15, -0.1) is 0 Å². The molecule has 2 heterocycles. The number of rotatable bonds is 5. The van der Waals surface area contributed by atoms with E-state index < -0.39 is 15.4 Å². The number of likely N-dealkylation sites (tertiary alicyclic amines) is 1. The highest BCUT2D eigenvalue weighted by Gasteiger charge is 2.60. The fourth-order valence-electron chi connectivity index (χ4n) is 4.57. The average molecular weight is 382 g/mol. The molecular formula is C17H26N4O4S. The molecule has 8 nitrogen and oxygen atoms in total. The summed E-state index contributed by atoms with van der Waals surface area (Å²) in [5, 5.41) is 3.93. The SMILES string of the molecule is CCS(=O)(=O)N[C@@H]1C[C@H]2CN(C(=O)C3(C)CC3)C[C@@]2(c2nc(C)no2)C1. The fraction of sp³-hybridized carbons (Fsp3) is 0.824. The van der Waals surface area contributed by atoms with Gasteiger partial charge >= 0.3 is 0 Å². The largest absolute Gasteiger partial charge is 0.341 e. The molecule has 1 amide bonds. The molecule has 26 heavy (non-hydrogen) atoms. The molecule has 144 valence electrons. The molecule has 2 saturated carbocycles. The van der Waals surface area contributed by atoms with Crippen LogP contribution in [0.25, 0.3) is 0 Å². The van der Waals surface area contributed by atoms with E-state index in [0.717, 1.165) is 12.8 Å².